The highest BCUT2D eigenvalue weighted by atomic mass is 32.1. The number of fused-ring (bicyclic) bond motifs is 1. The Balaban J connectivity index is 1.40. The van der Waals surface area contributed by atoms with Crippen LogP contribution in [0.25, 0.3) is 0 Å². The van der Waals surface area contributed by atoms with E-state index in [1.807, 2.05) is 23.6 Å². The quantitative estimate of drug-likeness (QED) is 0.738. The lowest BCUT2D eigenvalue weighted by Crippen LogP contribution is -2.28. The molecular weight excluding hydrogens is 332 g/mol. The van der Waals surface area contributed by atoms with Gasteiger partial charge in [0.1, 0.15) is 0 Å². The van der Waals surface area contributed by atoms with Crippen molar-refractivity contribution in [2.24, 2.45) is 5.92 Å². The summed E-state index contributed by atoms with van der Waals surface area (Å²) >= 11 is 1.83. The van der Waals surface area contributed by atoms with Gasteiger partial charge in [0.25, 0.3) is 0 Å². The molecule has 3 aromatic rings. The van der Waals surface area contributed by atoms with Gasteiger partial charge < -0.3 is 5.32 Å². The van der Waals surface area contributed by atoms with Crippen molar-refractivity contribution in [1.82, 2.24) is 24.6 Å². The van der Waals surface area contributed by atoms with E-state index in [0.29, 0.717) is 11.9 Å². The predicted molar refractivity (Wildman–Crippen MR) is 99.3 cm³/mol. The Kier molecular flexibility index (Phi) is 5.03. The Bertz CT molecular complexity index is 770. The summed E-state index contributed by atoms with van der Waals surface area (Å²) in [5.74, 6) is 1.25. The number of nitrogens with zero attached hydrogens (tertiary/aromatic N) is 5. The molecule has 1 atom stereocenters. The summed E-state index contributed by atoms with van der Waals surface area (Å²) in [6.45, 7) is 4.90. The molecule has 0 spiro atoms. The smallest absolute Gasteiger partial charge is 0.222 e. The van der Waals surface area contributed by atoms with Crippen LogP contribution in [0.2, 0.25) is 0 Å². The predicted octanol–water partition coefficient (Wildman–Crippen LogP) is 2.87. The standard InChI is InChI=1S/C18H22N6S/c1-3-17(25-10-1)14-23-11-15(12-24-16(13-23)5-9-22-24)4-8-21-18-19-6-2-7-20-18/h1-3,5-7,9-10,15H,4,8,11-14H2,(H,19,20,21)/t15-/m1/s1. The van der Waals surface area contributed by atoms with E-state index >= 15 is 0 Å². The fourth-order valence-electron chi connectivity index (χ4n) is 3.32. The second kappa shape index (κ2) is 7.76. The maximum Gasteiger partial charge on any atom is 0.222 e. The molecule has 7 heteroatoms. The molecular formula is C18H22N6S. The molecule has 130 valence electrons. The lowest BCUT2D eigenvalue weighted by atomic mass is 10.1. The third-order valence-electron chi connectivity index (χ3n) is 4.50. The Morgan fingerprint density at radius 2 is 2.04 bits per heavy atom. The van der Waals surface area contributed by atoms with Crippen molar-refractivity contribution < 1.29 is 0 Å². The van der Waals surface area contributed by atoms with Gasteiger partial charge in [-0.1, -0.05) is 6.07 Å². The van der Waals surface area contributed by atoms with Crippen molar-refractivity contribution in [3.63, 3.8) is 0 Å². The summed E-state index contributed by atoms with van der Waals surface area (Å²) in [7, 11) is 0. The molecule has 0 saturated heterocycles. The molecule has 0 unspecified atom stereocenters. The maximum atomic E-state index is 4.51. The lowest BCUT2D eigenvalue weighted by molar-refractivity contribution is 0.218. The van der Waals surface area contributed by atoms with Crippen LogP contribution in [0.15, 0.2) is 48.2 Å². The largest absolute Gasteiger partial charge is 0.354 e. The van der Waals surface area contributed by atoms with Gasteiger partial charge in [-0.05, 0) is 35.9 Å². The average molecular weight is 354 g/mol. The van der Waals surface area contributed by atoms with Crippen molar-refractivity contribution in [3.8, 4) is 0 Å². The third kappa shape index (κ3) is 4.24. The number of aromatic nitrogens is 4. The molecule has 0 aromatic carbocycles. The first-order valence-corrected chi connectivity index (χ1v) is 9.51. The van der Waals surface area contributed by atoms with Crippen molar-refractivity contribution >= 4 is 17.3 Å². The van der Waals surface area contributed by atoms with Crippen LogP contribution < -0.4 is 5.32 Å². The Labute approximate surface area is 151 Å². The molecule has 1 aliphatic heterocycles. The number of hydrogen-bond donors (Lipinski definition) is 1. The van der Waals surface area contributed by atoms with Gasteiger partial charge in [-0.15, -0.1) is 11.3 Å². The van der Waals surface area contributed by atoms with Gasteiger partial charge in [0, 0.05) is 56.2 Å². The average Bonchev–Trinajstić information content (AvgIpc) is 3.25. The molecule has 1 aliphatic rings. The number of nitrogens with one attached hydrogen (secondary N) is 1. The Morgan fingerprint density at radius 3 is 2.88 bits per heavy atom. The minimum absolute atomic E-state index is 0.553. The normalized spacial score (nSPS) is 17.8. The topological polar surface area (TPSA) is 58.9 Å². The molecule has 4 rings (SSSR count). The highest BCUT2D eigenvalue weighted by molar-refractivity contribution is 7.09. The van der Waals surface area contributed by atoms with Gasteiger partial charge in [0.05, 0.1) is 5.69 Å². The molecule has 4 heterocycles. The van der Waals surface area contributed by atoms with E-state index in [9.17, 15) is 0 Å². The number of hydrogen-bond acceptors (Lipinski definition) is 6. The Hall–Kier alpha value is -2.25. The van der Waals surface area contributed by atoms with Crippen LogP contribution in [-0.4, -0.2) is 37.7 Å². The number of anilines is 1. The second-order valence-corrected chi connectivity index (χ2v) is 7.44. The van der Waals surface area contributed by atoms with Crippen LogP contribution in [0.5, 0.6) is 0 Å². The van der Waals surface area contributed by atoms with Crippen molar-refractivity contribution in [2.75, 3.05) is 18.4 Å². The van der Waals surface area contributed by atoms with E-state index in [-0.39, 0.29) is 0 Å². The molecule has 0 amide bonds. The molecule has 6 nitrogen and oxygen atoms in total. The summed E-state index contributed by atoms with van der Waals surface area (Å²) in [5.41, 5.74) is 1.30. The van der Waals surface area contributed by atoms with Crippen LogP contribution in [0, 0.1) is 5.92 Å². The summed E-state index contributed by atoms with van der Waals surface area (Å²) < 4.78 is 2.16. The van der Waals surface area contributed by atoms with E-state index < -0.39 is 0 Å². The summed E-state index contributed by atoms with van der Waals surface area (Å²) in [6.07, 6.45) is 6.51. The van der Waals surface area contributed by atoms with Crippen molar-refractivity contribution in [3.05, 3.63) is 58.8 Å². The summed E-state index contributed by atoms with van der Waals surface area (Å²) in [6, 6.07) is 8.32. The lowest BCUT2D eigenvalue weighted by Gasteiger charge is -2.23. The zero-order valence-corrected chi connectivity index (χ0v) is 14.9. The second-order valence-electron chi connectivity index (χ2n) is 6.41. The van der Waals surface area contributed by atoms with Gasteiger partial charge in [-0.3, -0.25) is 9.58 Å². The van der Waals surface area contributed by atoms with E-state index in [1.54, 1.807) is 12.4 Å². The molecule has 25 heavy (non-hydrogen) atoms. The van der Waals surface area contributed by atoms with Crippen LogP contribution in [0.4, 0.5) is 5.95 Å². The van der Waals surface area contributed by atoms with Crippen LogP contribution in [-0.2, 0) is 19.6 Å². The zero-order valence-electron chi connectivity index (χ0n) is 14.1. The maximum absolute atomic E-state index is 4.51. The molecule has 0 aliphatic carbocycles. The summed E-state index contributed by atoms with van der Waals surface area (Å²) in [5, 5.41) is 9.99. The van der Waals surface area contributed by atoms with E-state index in [1.165, 1.54) is 10.6 Å². The Morgan fingerprint density at radius 1 is 1.12 bits per heavy atom. The molecule has 1 N–H and O–H groups in total. The van der Waals surface area contributed by atoms with Gasteiger partial charge in [-0.2, -0.15) is 5.10 Å². The minimum atomic E-state index is 0.553. The monoisotopic (exact) mass is 354 g/mol. The van der Waals surface area contributed by atoms with Crippen LogP contribution >= 0.6 is 11.3 Å². The fourth-order valence-corrected chi connectivity index (χ4v) is 4.07. The van der Waals surface area contributed by atoms with Gasteiger partial charge >= 0.3 is 0 Å². The molecule has 0 fully saturated rings. The molecule has 3 aromatic heterocycles. The SMILES string of the molecule is c1cnc(NCC[C@@H]2CN(Cc3cccs3)Cc3ccnn3C2)nc1. The third-order valence-corrected chi connectivity index (χ3v) is 5.36. The fraction of sp³-hybridized carbons (Fsp3) is 0.389. The van der Waals surface area contributed by atoms with Gasteiger partial charge in [0.15, 0.2) is 0 Å². The molecule has 0 saturated carbocycles. The van der Waals surface area contributed by atoms with Crippen molar-refractivity contribution in [2.45, 2.75) is 26.1 Å². The number of rotatable bonds is 6. The zero-order chi connectivity index (χ0) is 16.9. The number of thiophene rings is 1. The molecule has 0 radical (unpaired) electrons. The van der Waals surface area contributed by atoms with E-state index in [0.717, 1.165) is 39.1 Å². The summed E-state index contributed by atoms with van der Waals surface area (Å²) in [4.78, 5) is 12.4. The highest BCUT2D eigenvalue weighted by Crippen LogP contribution is 2.21. The van der Waals surface area contributed by atoms with Crippen molar-refractivity contribution in [1.29, 1.82) is 0 Å². The van der Waals surface area contributed by atoms with E-state index in [4.69, 9.17) is 0 Å². The first-order valence-electron chi connectivity index (χ1n) is 8.63. The first-order chi connectivity index (χ1) is 12.4. The van der Waals surface area contributed by atoms with Crippen LogP contribution in [0.3, 0.4) is 0 Å². The highest BCUT2D eigenvalue weighted by Gasteiger charge is 2.22. The van der Waals surface area contributed by atoms with E-state index in [2.05, 4.69) is 53.5 Å². The van der Waals surface area contributed by atoms with Crippen LogP contribution in [0.1, 0.15) is 17.0 Å². The van der Waals surface area contributed by atoms with Gasteiger partial charge in [0.2, 0.25) is 5.95 Å². The minimum Gasteiger partial charge on any atom is -0.354 e. The first kappa shape index (κ1) is 16.2. The van der Waals surface area contributed by atoms with Gasteiger partial charge in [-0.25, -0.2) is 9.97 Å². The molecule has 0 bridgehead atoms.